The van der Waals surface area contributed by atoms with Crippen molar-refractivity contribution in [3.8, 4) is 0 Å². The highest BCUT2D eigenvalue weighted by Crippen LogP contribution is 2.23. The van der Waals surface area contributed by atoms with Crippen LogP contribution >= 0.6 is 11.5 Å². The molecule has 1 N–H and O–H groups in total. The van der Waals surface area contributed by atoms with Gasteiger partial charge in [-0.15, -0.1) is 5.10 Å². The minimum Gasteiger partial charge on any atom is -0.506 e. The van der Waals surface area contributed by atoms with Crippen molar-refractivity contribution in [3.63, 3.8) is 0 Å². The predicted molar refractivity (Wildman–Crippen MR) is 80.6 cm³/mol. The van der Waals surface area contributed by atoms with Gasteiger partial charge in [0.1, 0.15) is 17.1 Å². The third-order valence-electron chi connectivity index (χ3n) is 2.69. The molecule has 0 atom stereocenters. The van der Waals surface area contributed by atoms with E-state index >= 15 is 0 Å². The largest absolute Gasteiger partial charge is 0.506 e. The Morgan fingerprint density at radius 2 is 2.04 bits per heavy atom. The number of carbonyl (C=O) groups excluding carboxylic acids is 1. The first-order valence-electron chi connectivity index (χ1n) is 6.50. The predicted octanol–water partition coefficient (Wildman–Crippen LogP) is 3.19. The van der Waals surface area contributed by atoms with Crippen LogP contribution in [0.5, 0.6) is 0 Å². The molecule has 0 bridgehead atoms. The molecule has 1 aromatic carbocycles. The summed E-state index contributed by atoms with van der Waals surface area (Å²) in [5.41, 5.74) is -1.26. The van der Waals surface area contributed by atoms with Crippen molar-refractivity contribution in [3.05, 3.63) is 46.1 Å². The lowest BCUT2D eigenvalue weighted by atomic mass is 10.1. The van der Waals surface area contributed by atoms with Crippen molar-refractivity contribution in [2.75, 3.05) is 6.61 Å². The second kappa shape index (κ2) is 7.68. The molecule has 2 aromatic rings. The molecule has 0 aliphatic rings. The minimum atomic E-state index is -1.43. The van der Waals surface area contributed by atoms with E-state index in [-0.39, 0.29) is 18.5 Å². The normalized spacial score (nSPS) is 12.3. The number of aliphatic hydroxyl groups is 1. The van der Waals surface area contributed by atoms with Crippen molar-refractivity contribution in [1.29, 1.82) is 0 Å². The lowest BCUT2D eigenvalue weighted by Crippen LogP contribution is -2.12. The van der Waals surface area contributed by atoms with Gasteiger partial charge in [0, 0.05) is 12.3 Å². The number of nitrogens with zero attached hydrogens (tertiary/aromatic N) is 3. The fourth-order valence-corrected chi connectivity index (χ4v) is 2.00. The number of hydrogen-bond donors (Lipinski definition) is 1. The molecule has 0 spiro atoms. The van der Waals surface area contributed by atoms with Crippen LogP contribution in [0.15, 0.2) is 28.1 Å². The number of esters is 1. The van der Waals surface area contributed by atoms with E-state index in [1.165, 1.54) is 12.3 Å². The number of halogens is 3. The first-order valence-corrected chi connectivity index (χ1v) is 7.34. The number of rotatable bonds is 5. The Morgan fingerprint density at radius 1 is 1.33 bits per heavy atom. The van der Waals surface area contributed by atoms with E-state index in [1.807, 2.05) is 0 Å². The van der Waals surface area contributed by atoms with Gasteiger partial charge in [-0.1, -0.05) is 4.49 Å². The maximum Gasteiger partial charge on any atom is 0.343 e. The number of aromatic nitrogens is 2. The van der Waals surface area contributed by atoms with Gasteiger partial charge in [-0.3, -0.25) is 0 Å². The van der Waals surface area contributed by atoms with Gasteiger partial charge in [-0.25, -0.2) is 23.0 Å². The van der Waals surface area contributed by atoms with Crippen LogP contribution in [-0.4, -0.2) is 33.5 Å². The maximum atomic E-state index is 13.8. The zero-order chi connectivity index (χ0) is 17.7. The molecule has 0 fully saturated rings. The average molecular weight is 357 g/mol. The highest BCUT2D eigenvalue weighted by Gasteiger charge is 2.21. The van der Waals surface area contributed by atoms with Gasteiger partial charge >= 0.3 is 5.97 Å². The van der Waals surface area contributed by atoms with Crippen LogP contribution in [0.3, 0.4) is 0 Å². The first kappa shape index (κ1) is 17.6. The van der Waals surface area contributed by atoms with Crippen LogP contribution in [-0.2, 0) is 9.53 Å². The van der Waals surface area contributed by atoms with Gasteiger partial charge in [0.05, 0.1) is 17.6 Å². The molecule has 1 heterocycles. The number of hydrogen-bond acceptors (Lipinski definition) is 7. The molecule has 0 unspecified atom stereocenters. The molecule has 2 rings (SSSR count). The fraction of sp³-hybridized carbons (Fsp3) is 0.143. The van der Waals surface area contributed by atoms with Crippen LogP contribution < -0.4 is 0 Å². The molecule has 0 amide bonds. The van der Waals surface area contributed by atoms with Gasteiger partial charge < -0.3 is 9.84 Å². The number of aliphatic imine (C=N–C) groups is 1. The van der Waals surface area contributed by atoms with Crippen LogP contribution in [0.4, 0.5) is 19.0 Å². The molecule has 24 heavy (non-hydrogen) atoms. The summed E-state index contributed by atoms with van der Waals surface area (Å²) in [5, 5.41) is 15.2. The summed E-state index contributed by atoms with van der Waals surface area (Å²) in [6.07, 6.45) is 0.880. The van der Waals surface area contributed by atoms with Crippen molar-refractivity contribution < 1.29 is 27.8 Å². The molecule has 0 saturated carbocycles. The third kappa shape index (κ3) is 3.96. The van der Waals surface area contributed by atoms with Crippen LogP contribution in [0.25, 0.3) is 5.76 Å². The molecular weight excluding hydrogens is 347 g/mol. The SMILES string of the molecule is CCOC(=O)C(C=Nc1csnn1)=C(O)c1cc(F)c(F)cc1F. The first-order chi connectivity index (χ1) is 11.4. The molecule has 126 valence electrons. The van der Waals surface area contributed by atoms with Crippen LogP contribution in [0.1, 0.15) is 12.5 Å². The van der Waals surface area contributed by atoms with Crippen LogP contribution in [0.2, 0.25) is 0 Å². The monoisotopic (exact) mass is 357 g/mol. The van der Waals surface area contributed by atoms with E-state index in [4.69, 9.17) is 4.74 Å². The smallest absolute Gasteiger partial charge is 0.343 e. The quantitative estimate of drug-likeness (QED) is 0.292. The summed E-state index contributed by atoms with van der Waals surface area (Å²) in [4.78, 5) is 15.7. The number of carbonyl (C=O) groups is 1. The van der Waals surface area contributed by atoms with E-state index < -0.39 is 40.3 Å². The zero-order valence-electron chi connectivity index (χ0n) is 12.2. The molecule has 0 aliphatic carbocycles. The Hall–Kier alpha value is -2.75. The topological polar surface area (TPSA) is 84.7 Å². The Morgan fingerprint density at radius 3 is 2.67 bits per heavy atom. The summed E-state index contributed by atoms with van der Waals surface area (Å²) in [6, 6.07) is 0.683. The lowest BCUT2D eigenvalue weighted by molar-refractivity contribution is -0.137. The second-order valence-corrected chi connectivity index (χ2v) is 4.86. The highest BCUT2D eigenvalue weighted by atomic mass is 32.1. The standard InChI is InChI=1S/C14H10F3N3O3S/c1-2-23-14(22)8(5-18-12-6-24-20-19-12)13(21)7-3-10(16)11(17)4-9(7)15/h3-6,21H,2H2,1H3. The van der Waals surface area contributed by atoms with Gasteiger partial charge in [0.15, 0.2) is 17.5 Å². The Bertz CT molecular complexity index is 807. The molecule has 0 radical (unpaired) electrons. The molecule has 1 aromatic heterocycles. The van der Waals surface area contributed by atoms with Crippen molar-refractivity contribution >= 4 is 35.3 Å². The van der Waals surface area contributed by atoms with Crippen LogP contribution in [0, 0.1) is 17.5 Å². The summed E-state index contributed by atoms with van der Waals surface area (Å²) in [6.45, 7) is 1.49. The fourth-order valence-electron chi connectivity index (χ4n) is 1.62. The Kier molecular flexibility index (Phi) is 5.64. The number of ether oxygens (including phenoxy) is 1. The summed E-state index contributed by atoms with van der Waals surface area (Å²) in [5.74, 6) is -5.90. The maximum absolute atomic E-state index is 13.8. The molecule has 6 nitrogen and oxygen atoms in total. The number of benzene rings is 1. The number of aliphatic hydroxyl groups excluding tert-OH is 1. The van der Waals surface area contributed by atoms with Gasteiger partial charge in [0.2, 0.25) is 0 Å². The van der Waals surface area contributed by atoms with Crippen molar-refractivity contribution in [2.45, 2.75) is 6.92 Å². The van der Waals surface area contributed by atoms with E-state index in [1.54, 1.807) is 0 Å². The average Bonchev–Trinajstić information content (AvgIpc) is 3.04. The van der Waals surface area contributed by atoms with Gasteiger partial charge in [0.25, 0.3) is 0 Å². The van der Waals surface area contributed by atoms with Crippen molar-refractivity contribution in [2.24, 2.45) is 4.99 Å². The zero-order valence-corrected chi connectivity index (χ0v) is 13.0. The molecule has 0 saturated heterocycles. The van der Waals surface area contributed by atoms with E-state index in [2.05, 4.69) is 14.6 Å². The minimum absolute atomic E-state index is 0.0258. The van der Waals surface area contributed by atoms with Crippen molar-refractivity contribution in [1.82, 2.24) is 9.59 Å². The Labute approximate surface area is 138 Å². The summed E-state index contributed by atoms with van der Waals surface area (Å²) >= 11 is 1.000. The second-order valence-electron chi connectivity index (χ2n) is 4.25. The third-order valence-corrected chi connectivity index (χ3v) is 3.18. The molecule has 10 heteroatoms. The van der Waals surface area contributed by atoms with E-state index in [9.17, 15) is 23.1 Å². The van der Waals surface area contributed by atoms with Gasteiger partial charge in [-0.05, 0) is 24.5 Å². The highest BCUT2D eigenvalue weighted by molar-refractivity contribution is 7.03. The summed E-state index contributed by atoms with van der Waals surface area (Å²) in [7, 11) is 0. The molecule has 0 aliphatic heterocycles. The van der Waals surface area contributed by atoms with Gasteiger partial charge in [-0.2, -0.15) is 0 Å². The van der Waals surface area contributed by atoms with E-state index in [0.29, 0.717) is 6.07 Å². The summed E-state index contributed by atoms with van der Waals surface area (Å²) < 4.78 is 48.4. The lowest BCUT2D eigenvalue weighted by Gasteiger charge is -2.08. The van der Waals surface area contributed by atoms with E-state index in [0.717, 1.165) is 17.7 Å². The Balaban J connectivity index is 2.53. The molecular formula is C14H10F3N3O3S.